The number of rotatable bonds is 0. The molecule has 1 aromatic rings. The normalized spacial score (nSPS) is 6.78. The zero-order valence-corrected chi connectivity index (χ0v) is 13.3. The third-order valence-corrected chi connectivity index (χ3v) is 0.865. The Labute approximate surface area is 92.7 Å². The van der Waals surface area contributed by atoms with Crippen LogP contribution in [0.15, 0.2) is 30.6 Å². The number of pyridine rings is 1. The van der Waals surface area contributed by atoms with E-state index in [1.54, 1.807) is 0 Å². The van der Waals surface area contributed by atoms with E-state index in [9.17, 15) is 0 Å². The fraction of sp³-hybridized carbons (Fsp3) is 0.167. The average Bonchev–Trinajstić information content (AvgIpc) is 1.69. The minimum absolute atomic E-state index is 0. The van der Waals surface area contributed by atoms with E-state index in [0.717, 1.165) is 0 Å². The van der Waals surface area contributed by atoms with Crippen molar-refractivity contribution in [1.29, 1.82) is 0 Å². The third-order valence-electron chi connectivity index (χ3n) is 0.865. The molecule has 50 valence electrons. The first-order chi connectivity index (χ1) is 3.39. The summed E-state index contributed by atoms with van der Waals surface area (Å²) in [6, 6.07) is 6.00. The molecule has 0 spiro atoms. The van der Waals surface area contributed by atoms with Crippen LogP contribution in [0.4, 0.5) is 0 Å². The zero-order valence-electron chi connectivity index (χ0n) is 5.45. The van der Waals surface area contributed by atoms with Gasteiger partial charge in [0.1, 0.15) is 7.05 Å². The van der Waals surface area contributed by atoms with Gasteiger partial charge in [-0.3, -0.25) is 0 Å². The SMILES string of the molecule is C[n+]1ccccc1.I.[PbH2]. The van der Waals surface area contributed by atoms with Crippen LogP contribution in [0.2, 0.25) is 0 Å². The van der Waals surface area contributed by atoms with Gasteiger partial charge < -0.3 is 0 Å². The first-order valence-corrected chi connectivity index (χ1v) is 2.30. The van der Waals surface area contributed by atoms with Crippen molar-refractivity contribution in [1.82, 2.24) is 0 Å². The molecule has 1 heterocycles. The Morgan fingerprint density at radius 1 is 1.00 bits per heavy atom. The number of halogens is 1. The Kier molecular flexibility index (Phi) is 9.59. The van der Waals surface area contributed by atoms with Gasteiger partial charge in [0.15, 0.2) is 12.4 Å². The Bertz CT molecular complexity index is 143. The molecule has 1 nitrogen and oxygen atoms in total. The van der Waals surface area contributed by atoms with E-state index in [-0.39, 0.29) is 51.3 Å². The van der Waals surface area contributed by atoms with Gasteiger partial charge in [0.2, 0.25) is 0 Å². The molecule has 0 bridgehead atoms. The number of hydrogen-bond donors (Lipinski definition) is 0. The molecule has 0 atom stereocenters. The van der Waals surface area contributed by atoms with E-state index in [4.69, 9.17) is 0 Å². The fourth-order valence-corrected chi connectivity index (χ4v) is 0.485. The summed E-state index contributed by atoms with van der Waals surface area (Å²) in [4.78, 5) is 0. The van der Waals surface area contributed by atoms with Gasteiger partial charge in [0, 0.05) is 12.1 Å². The molecule has 0 aliphatic rings. The van der Waals surface area contributed by atoms with Crippen LogP contribution in [0.3, 0.4) is 0 Å². The number of aryl methyl sites for hydroxylation is 1. The second-order valence-corrected chi connectivity index (χ2v) is 1.54. The number of nitrogens with zero attached hydrogens (tertiary/aromatic N) is 1. The maximum absolute atomic E-state index is 2.00. The van der Waals surface area contributed by atoms with Gasteiger partial charge in [0.05, 0.1) is 0 Å². The van der Waals surface area contributed by atoms with E-state index in [1.165, 1.54) is 0 Å². The molecule has 0 saturated carbocycles. The molecule has 0 N–H and O–H groups in total. The quantitative estimate of drug-likeness (QED) is 0.315. The van der Waals surface area contributed by atoms with Crippen LogP contribution < -0.4 is 4.57 Å². The summed E-state index contributed by atoms with van der Waals surface area (Å²) in [7, 11) is 2.00. The summed E-state index contributed by atoms with van der Waals surface area (Å²) in [6.45, 7) is 0. The molecular formula is C6H11INPb+. The van der Waals surface area contributed by atoms with Crippen LogP contribution in [0.5, 0.6) is 0 Å². The van der Waals surface area contributed by atoms with Crippen molar-refractivity contribution in [3.05, 3.63) is 30.6 Å². The van der Waals surface area contributed by atoms with Gasteiger partial charge in [-0.25, -0.2) is 4.57 Å². The minimum atomic E-state index is 0. The average molecular weight is 431 g/mol. The molecule has 0 aromatic carbocycles. The van der Waals surface area contributed by atoms with Crippen molar-refractivity contribution < 1.29 is 4.57 Å². The predicted molar refractivity (Wildman–Crippen MR) is 51.6 cm³/mol. The van der Waals surface area contributed by atoms with E-state index in [0.29, 0.717) is 0 Å². The van der Waals surface area contributed by atoms with Gasteiger partial charge in [-0.1, -0.05) is 6.07 Å². The molecule has 0 amide bonds. The van der Waals surface area contributed by atoms with Gasteiger partial charge in [-0.2, -0.15) is 0 Å². The molecule has 3 heteroatoms. The molecule has 0 saturated heterocycles. The molecule has 9 heavy (non-hydrogen) atoms. The topological polar surface area (TPSA) is 3.88 Å². The van der Waals surface area contributed by atoms with E-state index in [2.05, 4.69) is 0 Å². The zero-order chi connectivity index (χ0) is 5.11. The Morgan fingerprint density at radius 3 is 1.67 bits per heavy atom. The molecule has 0 fully saturated rings. The first-order valence-electron chi connectivity index (χ1n) is 2.30. The Hall–Kier alpha value is 0.802. The molecule has 0 aliphatic heterocycles. The van der Waals surface area contributed by atoms with Crippen molar-refractivity contribution in [3.63, 3.8) is 0 Å². The fourth-order valence-electron chi connectivity index (χ4n) is 0.485. The van der Waals surface area contributed by atoms with Gasteiger partial charge in [0.25, 0.3) is 0 Å². The predicted octanol–water partition coefficient (Wildman–Crippen LogP) is 0.213. The molecule has 1 rings (SSSR count). The number of hydrogen-bond acceptors (Lipinski definition) is 0. The van der Waals surface area contributed by atoms with Crippen LogP contribution in [-0.2, 0) is 7.05 Å². The molecule has 2 radical (unpaired) electrons. The van der Waals surface area contributed by atoms with Crippen LogP contribution in [0.1, 0.15) is 0 Å². The standard InChI is InChI=1S/C6H8N.HI.Pb.2H/c1-7-5-3-2-4-6-7;;;;/h2-6H,1H3;1H;;;/q+1;;;;. The van der Waals surface area contributed by atoms with Gasteiger partial charge in [-0.05, 0) is 0 Å². The molecular weight excluding hydrogens is 420 g/mol. The van der Waals surface area contributed by atoms with Crippen molar-refractivity contribution in [3.8, 4) is 0 Å². The van der Waals surface area contributed by atoms with E-state index in [1.807, 2.05) is 42.2 Å². The summed E-state index contributed by atoms with van der Waals surface area (Å²) in [6.07, 6.45) is 4.00. The second-order valence-electron chi connectivity index (χ2n) is 1.54. The molecule has 0 unspecified atom stereocenters. The first kappa shape index (κ1) is 12.5. The van der Waals surface area contributed by atoms with Crippen molar-refractivity contribution in [2.75, 3.05) is 0 Å². The molecule has 0 aliphatic carbocycles. The summed E-state index contributed by atoms with van der Waals surface area (Å²) in [5, 5.41) is 0. The van der Waals surface area contributed by atoms with Crippen LogP contribution in [-0.4, -0.2) is 27.3 Å². The van der Waals surface area contributed by atoms with Gasteiger partial charge in [-0.15, -0.1) is 24.0 Å². The summed E-state index contributed by atoms with van der Waals surface area (Å²) >= 11 is 0. The van der Waals surface area contributed by atoms with Crippen LogP contribution >= 0.6 is 24.0 Å². The van der Waals surface area contributed by atoms with Gasteiger partial charge >= 0.3 is 27.3 Å². The van der Waals surface area contributed by atoms with Crippen molar-refractivity contribution in [2.24, 2.45) is 7.05 Å². The van der Waals surface area contributed by atoms with Crippen molar-refractivity contribution in [2.45, 2.75) is 0 Å². The second kappa shape index (κ2) is 6.92. The summed E-state index contributed by atoms with van der Waals surface area (Å²) in [5.41, 5.74) is 0. The van der Waals surface area contributed by atoms with Crippen LogP contribution in [0, 0.1) is 0 Å². The van der Waals surface area contributed by atoms with Crippen LogP contribution in [0.25, 0.3) is 0 Å². The monoisotopic (exact) mass is 432 g/mol. The molecule has 1 aromatic heterocycles. The van der Waals surface area contributed by atoms with E-state index < -0.39 is 0 Å². The summed E-state index contributed by atoms with van der Waals surface area (Å²) in [5.74, 6) is 0. The maximum atomic E-state index is 2.00. The Morgan fingerprint density at radius 2 is 1.44 bits per heavy atom. The van der Waals surface area contributed by atoms with Crippen molar-refractivity contribution >= 4 is 51.3 Å². The summed E-state index contributed by atoms with van der Waals surface area (Å²) < 4.78 is 2.00. The van der Waals surface area contributed by atoms with E-state index >= 15 is 0 Å². The third kappa shape index (κ3) is 5.26. The number of aromatic nitrogens is 1. The Balaban J connectivity index is 0.